The zero-order valence-electron chi connectivity index (χ0n) is 10.4. The lowest BCUT2D eigenvalue weighted by atomic mass is 9.80. The summed E-state index contributed by atoms with van der Waals surface area (Å²) >= 11 is 0. The SMILES string of the molecule is CCC1CCCC(C(O)(CC)C(=O)O)CC1. The van der Waals surface area contributed by atoms with Crippen LogP contribution >= 0.6 is 0 Å². The fourth-order valence-electron chi connectivity index (χ4n) is 2.88. The van der Waals surface area contributed by atoms with Crippen LogP contribution in [0.3, 0.4) is 0 Å². The van der Waals surface area contributed by atoms with E-state index in [1.807, 2.05) is 0 Å². The molecule has 94 valence electrons. The van der Waals surface area contributed by atoms with E-state index in [1.54, 1.807) is 6.92 Å². The number of hydrogen-bond donors (Lipinski definition) is 2. The maximum absolute atomic E-state index is 11.2. The van der Waals surface area contributed by atoms with E-state index in [-0.39, 0.29) is 5.92 Å². The lowest BCUT2D eigenvalue weighted by molar-refractivity contribution is -0.166. The molecule has 3 atom stereocenters. The second-order valence-corrected chi connectivity index (χ2v) is 5.06. The van der Waals surface area contributed by atoms with Gasteiger partial charge in [-0.2, -0.15) is 0 Å². The largest absolute Gasteiger partial charge is 0.479 e. The molecule has 3 unspecified atom stereocenters. The first kappa shape index (κ1) is 13.5. The molecule has 1 aliphatic carbocycles. The number of aliphatic carboxylic acids is 1. The molecule has 1 fully saturated rings. The molecule has 0 spiro atoms. The Balaban J connectivity index is 2.69. The third-order valence-corrected chi connectivity index (χ3v) is 4.25. The quantitative estimate of drug-likeness (QED) is 0.727. The van der Waals surface area contributed by atoms with Crippen LogP contribution in [0.4, 0.5) is 0 Å². The minimum atomic E-state index is -1.50. The van der Waals surface area contributed by atoms with Crippen molar-refractivity contribution in [2.24, 2.45) is 11.8 Å². The van der Waals surface area contributed by atoms with Crippen LogP contribution in [0.2, 0.25) is 0 Å². The highest BCUT2D eigenvalue weighted by Crippen LogP contribution is 2.36. The van der Waals surface area contributed by atoms with Crippen molar-refractivity contribution in [2.45, 2.75) is 64.4 Å². The first-order valence-corrected chi connectivity index (χ1v) is 6.50. The second-order valence-electron chi connectivity index (χ2n) is 5.06. The Bertz CT molecular complexity index is 239. The van der Waals surface area contributed by atoms with E-state index < -0.39 is 11.6 Å². The van der Waals surface area contributed by atoms with Gasteiger partial charge in [-0.15, -0.1) is 0 Å². The van der Waals surface area contributed by atoms with E-state index in [2.05, 4.69) is 6.92 Å². The highest BCUT2D eigenvalue weighted by Gasteiger charge is 2.42. The van der Waals surface area contributed by atoms with Gasteiger partial charge in [0.2, 0.25) is 0 Å². The van der Waals surface area contributed by atoms with Crippen molar-refractivity contribution >= 4 is 5.97 Å². The lowest BCUT2D eigenvalue weighted by Crippen LogP contribution is -2.45. The Hall–Kier alpha value is -0.570. The van der Waals surface area contributed by atoms with Crippen molar-refractivity contribution in [2.75, 3.05) is 0 Å². The van der Waals surface area contributed by atoms with Crippen molar-refractivity contribution in [3.63, 3.8) is 0 Å². The number of carbonyl (C=O) groups is 1. The molecule has 0 heterocycles. The van der Waals surface area contributed by atoms with Crippen LogP contribution < -0.4 is 0 Å². The predicted molar refractivity (Wildman–Crippen MR) is 63.2 cm³/mol. The molecule has 16 heavy (non-hydrogen) atoms. The summed E-state index contributed by atoms with van der Waals surface area (Å²) in [6, 6.07) is 0. The van der Waals surface area contributed by atoms with Gasteiger partial charge >= 0.3 is 5.97 Å². The molecule has 1 rings (SSSR count). The molecular weight excluding hydrogens is 204 g/mol. The smallest absolute Gasteiger partial charge is 0.335 e. The normalized spacial score (nSPS) is 30.4. The van der Waals surface area contributed by atoms with Crippen LogP contribution in [0.25, 0.3) is 0 Å². The Morgan fingerprint density at radius 3 is 2.44 bits per heavy atom. The topological polar surface area (TPSA) is 57.5 Å². The summed E-state index contributed by atoms with van der Waals surface area (Å²) in [7, 11) is 0. The van der Waals surface area contributed by atoms with Crippen LogP contribution in [-0.4, -0.2) is 21.8 Å². The van der Waals surface area contributed by atoms with Gasteiger partial charge in [0.15, 0.2) is 5.60 Å². The molecule has 3 heteroatoms. The van der Waals surface area contributed by atoms with Gasteiger partial charge in [0.1, 0.15) is 0 Å². The van der Waals surface area contributed by atoms with Gasteiger partial charge in [-0.05, 0) is 31.1 Å². The third kappa shape index (κ3) is 2.76. The zero-order chi connectivity index (χ0) is 12.2. The number of carboxylic acids is 1. The highest BCUT2D eigenvalue weighted by atomic mass is 16.4. The molecule has 0 aromatic rings. The average Bonchev–Trinajstić information content (AvgIpc) is 2.52. The first-order chi connectivity index (χ1) is 7.54. The Morgan fingerprint density at radius 1 is 1.25 bits per heavy atom. The summed E-state index contributed by atoms with van der Waals surface area (Å²) in [6.07, 6.45) is 6.50. The zero-order valence-corrected chi connectivity index (χ0v) is 10.4. The number of hydrogen-bond acceptors (Lipinski definition) is 2. The molecule has 0 bridgehead atoms. The lowest BCUT2D eigenvalue weighted by Gasteiger charge is -2.30. The van der Waals surface area contributed by atoms with E-state index in [1.165, 1.54) is 12.8 Å². The van der Waals surface area contributed by atoms with Crippen LogP contribution in [0, 0.1) is 11.8 Å². The summed E-state index contributed by atoms with van der Waals surface area (Å²) < 4.78 is 0. The molecular formula is C13H24O3. The predicted octanol–water partition coefficient (Wildman–Crippen LogP) is 2.82. The molecule has 0 aromatic carbocycles. The minimum Gasteiger partial charge on any atom is -0.479 e. The Morgan fingerprint density at radius 2 is 1.94 bits per heavy atom. The fraction of sp³-hybridized carbons (Fsp3) is 0.923. The van der Waals surface area contributed by atoms with Crippen molar-refractivity contribution in [3.05, 3.63) is 0 Å². The molecule has 0 aromatic heterocycles. The van der Waals surface area contributed by atoms with Crippen molar-refractivity contribution in [3.8, 4) is 0 Å². The van der Waals surface area contributed by atoms with Crippen LogP contribution in [0.5, 0.6) is 0 Å². The fourth-order valence-corrected chi connectivity index (χ4v) is 2.88. The van der Waals surface area contributed by atoms with Crippen LogP contribution in [0.1, 0.15) is 58.8 Å². The molecule has 2 N–H and O–H groups in total. The Kier molecular flexibility index (Phi) is 4.78. The van der Waals surface area contributed by atoms with Crippen molar-refractivity contribution in [1.29, 1.82) is 0 Å². The molecule has 1 saturated carbocycles. The molecule has 0 aliphatic heterocycles. The van der Waals surface area contributed by atoms with E-state index in [0.717, 1.165) is 31.6 Å². The van der Waals surface area contributed by atoms with E-state index in [0.29, 0.717) is 6.42 Å². The monoisotopic (exact) mass is 228 g/mol. The summed E-state index contributed by atoms with van der Waals surface area (Å²) in [4.78, 5) is 11.2. The van der Waals surface area contributed by atoms with Crippen LogP contribution in [0.15, 0.2) is 0 Å². The van der Waals surface area contributed by atoms with Gasteiger partial charge in [0.05, 0.1) is 0 Å². The minimum absolute atomic E-state index is 0.0634. The van der Waals surface area contributed by atoms with Crippen LogP contribution in [-0.2, 0) is 4.79 Å². The number of rotatable bonds is 4. The maximum atomic E-state index is 11.2. The van der Waals surface area contributed by atoms with Gasteiger partial charge in [-0.3, -0.25) is 0 Å². The second kappa shape index (κ2) is 5.67. The van der Waals surface area contributed by atoms with E-state index in [4.69, 9.17) is 5.11 Å². The van der Waals surface area contributed by atoms with Gasteiger partial charge in [0.25, 0.3) is 0 Å². The molecule has 0 saturated heterocycles. The molecule has 0 radical (unpaired) electrons. The summed E-state index contributed by atoms with van der Waals surface area (Å²) in [6.45, 7) is 3.95. The van der Waals surface area contributed by atoms with E-state index >= 15 is 0 Å². The van der Waals surface area contributed by atoms with Gasteiger partial charge in [0, 0.05) is 0 Å². The third-order valence-electron chi connectivity index (χ3n) is 4.25. The molecule has 0 amide bonds. The van der Waals surface area contributed by atoms with Crippen molar-refractivity contribution in [1.82, 2.24) is 0 Å². The standard InChI is InChI=1S/C13H24O3/c1-3-10-6-5-7-11(9-8-10)13(16,4-2)12(14)15/h10-11,16H,3-9H2,1-2H3,(H,14,15). The van der Waals surface area contributed by atoms with Crippen molar-refractivity contribution < 1.29 is 15.0 Å². The summed E-state index contributed by atoms with van der Waals surface area (Å²) in [5, 5.41) is 19.4. The molecule has 3 nitrogen and oxygen atoms in total. The highest BCUT2D eigenvalue weighted by molar-refractivity contribution is 5.77. The Labute approximate surface area is 97.9 Å². The van der Waals surface area contributed by atoms with E-state index in [9.17, 15) is 9.90 Å². The number of aliphatic hydroxyl groups is 1. The number of carboxylic acid groups (broad SMARTS) is 1. The maximum Gasteiger partial charge on any atom is 0.335 e. The summed E-state index contributed by atoms with van der Waals surface area (Å²) in [5.74, 6) is -0.388. The van der Waals surface area contributed by atoms with Gasteiger partial charge in [-0.1, -0.05) is 39.5 Å². The van der Waals surface area contributed by atoms with Gasteiger partial charge in [-0.25, -0.2) is 4.79 Å². The average molecular weight is 228 g/mol. The molecule has 1 aliphatic rings. The first-order valence-electron chi connectivity index (χ1n) is 6.50. The van der Waals surface area contributed by atoms with Gasteiger partial charge < -0.3 is 10.2 Å². The summed E-state index contributed by atoms with van der Waals surface area (Å²) in [5.41, 5.74) is -1.50.